The number of hydrogen-bond donors (Lipinski definition) is 2. The van der Waals surface area contributed by atoms with Gasteiger partial charge in [-0.15, -0.1) is 0 Å². The van der Waals surface area contributed by atoms with Gasteiger partial charge < -0.3 is 10.4 Å². The molecule has 2 rings (SSSR count). The number of benzene rings is 1. The molecule has 7 nitrogen and oxygen atoms in total. The molecule has 7 heteroatoms. The van der Waals surface area contributed by atoms with E-state index in [9.17, 15) is 19.5 Å². The molecule has 1 amide bonds. The number of aliphatic carboxylic acids is 1. The zero-order chi connectivity index (χ0) is 27.8. The molecule has 0 aliphatic rings. The van der Waals surface area contributed by atoms with E-state index >= 15 is 0 Å². The summed E-state index contributed by atoms with van der Waals surface area (Å²) in [6.07, 6.45) is 19.5. The number of allylic oxidation sites excluding steroid dienone is 2. The fraction of sp³-hybridized carbons (Fsp3) is 0.581. The first-order valence-electron chi connectivity index (χ1n) is 14.4. The van der Waals surface area contributed by atoms with Crippen LogP contribution in [0.15, 0.2) is 47.3 Å². The van der Waals surface area contributed by atoms with Gasteiger partial charge in [-0.1, -0.05) is 83.3 Å². The summed E-state index contributed by atoms with van der Waals surface area (Å²) in [5.41, 5.74) is 1.98. The van der Waals surface area contributed by atoms with Gasteiger partial charge in [0.25, 0.3) is 5.56 Å². The van der Waals surface area contributed by atoms with Crippen molar-refractivity contribution >= 4 is 17.6 Å². The first kappa shape index (κ1) is 31.1. The lowest BCUT2D eigenvalue weighted by Crippen LogP contribution is -2.25. The van der Waals surface area contributed by atoms with Gasteiger partial charge in [0.15, 0.2) is 0 Å². The first-order chi connectivity index (χ1) is 18.3. The molecule has 0 radical (unpaired) electrons. The molecule has 0 spiro atoms. The van der Waals surface area contributed by atoms with Crippen molar-refractivity contribution in [3.63, 3.8) is 0 Å². The van der Waals surface area contributed by atoms with Gasteiger partial charge in [-0.2, -0.15) is 0 Å². The van der Waals surface area contributed by atoms with Crippen LogP contribution in [0.3, 0.4) is 0 Å². The van der Waals surface area contributed by atoms with Gasteiger partial charge in [0.2, 0.25) is 5.91 Å². The Morgan fingerprint density at radius 2 is 1.50 bits per heavy atom. The number of rotatable bonds is 19. The first-order valence-corrected chi connectivity index (χ1v) is 14.4. The third-order valence-corrected chi connectivity index (χ3v) is 7.08. The predicted octanol–water partition coefficient (Wildman–Crippen LogP) is 7.16. The Morgan fingerprint density at radius 3 is 2.03 bits per heavy atom. The second-order valence-electron chi connectivity index (χ2n) is 10.3. The smallest absolute Gasteiger partial charge is 0.304 e. The normalized spacial score (nSPS) is 12.2. The number of aryl methyl sites for hydroxylation is 1. The lowest BCUT2D eigenvalue weighted by Gasteiger charge is -2.14. The Morgan fingerprint density at radius 1 is 0.921 bits per heavy atom. The molecule has 0 unspecified atom stereocenters. The number of carboxylic acid groups (broad SMARTS) is 1. The van der Waals surface area contributed by atoms with Gasteiger partial charge in [-0.3, -0.25) is 19.1 Å². The number of carboxylic acids is 1. The van der Waals surface area contributed by atoms with Crippen LogP contribution in [0.5, 0.6) is 0 Å². The summed E-state index contributed by atoms with van der Waals surface area (Å²) in [6, 6.07) is 8.54. The molecule has 1 heterocycles. The molecule has 0 bridgehead atoms. The van der Waals surface area contributed by atoms with Gasteiger partial charge in [-0.05, 0) is 50.5 Å². The van der Waals surface area contributed by atoms with Crippen molar-refractivity contribution < 1.29 is 14.7 Å². The van der Waals surface area contributed by atoms with Crippen molar-refractivity contribution in [2.45, 2.75) is 104 Å². The molecule has 0 aliphatic heterocycles. The standard InChI is InChI=1S/C31H47N3O4/c1-4-5-6-7-8-9-10-11-12-13-14-15-16-17-18-26(24-30(36)37)31(38)32-27-19-21-28(22-20-27)34-29(35)23-25(2)33(34)3/h16-17,19-23,26H,4-15,18,24H2,1-3H3,(H,32,38)(H,36,37)/b17-16+/t26-/m0/s1. The molecule has 2 aromatic rings. The largest absolute Gasteiger partial charge is 0.481 e. The second kappa shape index (κ2) is 17.4. The van der Waals surface area contributed by atoms with E-state index in [1.807, 2.05) is 20.0 Å². The Balaban J connectivity index is 1.73. The van der Waals surface area contributed by atoms with Crippen molar-refractivity contribution in [3.05, 3.63) is 58.5 Å². The zero-order valence-electron chi connectivity index (χ0n) is 23.6. The minimum absolute atomic E-state index is 0.122. The number of unbranched alkanes of at least 4 members (excludes halogenated alkanes) is 11. The summed E-state index contributed by atoms with van der Waals surface area (Å²) in [4.78, 5) is 36.4. The van der Waals surface area contributed by atoms with Crippen LogP contribution in [0.4, 0.5) is 5.69 Å². The van der Waals surface area contributed by atoms with Crippen LogP contribution in [0.25, 0.3) is 5.69 Å². The fourth-order valence-electron chi connectivity index (χ4n) is 4.67. The molecule has 1 aromatic carbocycles. The van der Waals surface area contributed by atoms with Gasteiger partial charge in [0, 0.05) is 24.5 Å². The highest BCUT2D eigenvalue weighted by Crippen LogP contribution is 2.18. The summed E-state index contributed by atoms with van der Waals surface area (Å²) in [5, 5.41) is 12.1. The molecule has 38 heavy (non-hydrogen) atoms. The molecule has 0 saturated carbocycles. The van der Waals surface area contributed by atoms with Gasteiger partial charge >= 0.3 is 5.97 Å². The average molecular weight is 526 g/mol. The van der Waals surface area contributed by atoms with Crippen LogP contribution < -0.4 is 10.9 Å². The maximum Gasteiger partial charge on any atom is 0.304 e. The molecule has 210 valence electrons. The third-order valence-electron chi connectivity index (χ3n) is 7.08. The van der Waals surface area contributed by atoms with Crippen LogP contribution in [0, 0.1) is 12.8 Å². The number of aromatic nitrogens is 2. The lowest BCUT2D eigenvalue weighted by molar-refractivity contribution is -0.140. The van der Waals surface area contributed by atoms with E-state index < -0.39 is 11.9 Å². The highest BCUT2D eigenvalue weighted by Gasteiger charge is 2.20. The number of nitrogens with one attached hydrogen (secondary N) is 1. The van der Waals surface area contributed by atoms with Crippen molar-refractivity contribution in [2.24, 2.45) is 13.0 Å². The lowest BCUT2D eigenvalue weighted by atomic mass is 9.99. The van der Waals surface area contributed by atoms with E-state index in [1.165, 1.54) is 64.2 Å². The highest BCUT2D eigenvalue weighted by atomic mass is 16.4. The van der Waals surface area contributed by atoms with Crippen LogP contribution in [0.2, 0.25) is 0 Å². The molecule has 0 fully saturated rings. The Labute approximate surface area is 227 Å². The summed E-state index contributed by atoms with van der Waals surface area (Å²) in [6.45, 7) is 4.11. The van der Waals surface area contributed by atoms with Gasteiger partial charge in [-0.25, -0.2) is 4.68 Å². The van der Waals surface area contributed by atoms with Crippen molar-refractivity contribution in [1.29, 1.82) is 0 Å². The Hall–Kier alpha value is -3.09. The number of anilines is 1. The Kier molecular flexibility index (Phi) is 14.3. The summed E-state index contributed by atoms with van der Waals surface area (Å²) < 4.78 is 3.32. The Bertz CT molecular complexity index is 1070. The van der Waals surface area contributed by atoms with Crippen LogP contribution in [-0.2, 0) is 16.6 Å². The average Bonchev–Trinajstić information content (AvgIpc) is 3.14. The molecule has 0 saturated heterocycles. The molecular formula is C31H47N3O4. The van der Waals surface area contributed by atoms with E-state index in [-0.39, 0.29) is 17.9 Å². The van der Waals surface area contributed by atoms with Crippen LogP contribution >= 0.6 is 0 Å². The maximum absolute atomic E-state index is 12.8. The quantitative estimate of drug-likeness (QED) is 0.150. The number of amides is 1. The number of nitrogens with zero attached hydrogens (tertiary/aromatic N) is 2. The fourth-order valence-corrected chi connectivity index (χ4v) is 4.67. The minimum Gasteiger partial charge on any atom is -0.481 e. The monoisotopic (exact) mass is 525 g/mol. The van der Waals surface area contributed by atoms with E-state index in [4.69, 9.17) is 0 Å². The van der Waals surface area contributed by atoms with E-state index in [1.54, 1.807) is 39.7 Å². The summed E-state index contributed by atoms with van der Waals surface area (Å²) in [7, 11) is 1.81. The summed E-state index contributed by atoms with van der Waals surface area (Å²) >= 11 is 0. The predicted molar refractivity (Wildman–Crippen MR) is 155 cm³/mol. The van der Waals surface area contributed by atoms with E-state index in [0.29, 0.717) is 17.8 Å². The third kappa shape index (κ3) is 11.1. The maximum atomic E-state index is 12.8. The number of hydrogen-bond acceptors (Lipinski definition) is 3. The summed E-state index contributed by atoms with van der Waals surface area (Å²) in [5.74, 6) is -1.94. The van der Waals surface area contributed by atoms with Crippen molar-refractivity contribution in [2.75, 3.05) is 5.32 Å². The molecule has 0 aliphatic carbocycles. The van der Waals surface area contributed by atoms with Crippen LogP contribution in [0.1, 0.15) is 103 Å². The molecule has 1 atom stereocenters. The minimum atomic E-state index is -0.988. The van der Waals surface area contributed by atoms with Crippen molar-refractivity contribution in [3.8, 4) is 5.69 Å². The molecule has 1 aromatic heterocycles. The van der Waals surface area contributed by atoms with E-state index in [2.05, 4.69) is 18.3 Å². The van der Waals surface area contributed by atoms with Crippen LogP contribution in [-0.4, -0.2) is 26.3 Å². The number of carbonyl (C=O) groups is 2. The zero-order valence-corrected chi connectivity index (χ0v) is 23.6. The highest BCUT2D eigenvalue weighted by molar-refractivity contribution is 5.94. The topological polar surface area (TPSA) is 93.3 Å². The van der Waals surface area contributed by atoms with Gasteiger partial charge in [0.1, 0.15) is 0 Å². The SMILES string of the molecule is CCCCCCCCCCCCC/C=C/C[C@@H](CC(=O)O)C(=O)Nc1ccc(-n2c(=O)cc(C)n2C)cc1. The second-order valence-corrected chi connectivity index (χ2v) is 10.3. The van der Waals surface area contributed by atoms with E-state index in [0.717, 1.165) is 18.5 Å². The molecule has 2 N–H and O–H groups in total. The van der Waals surface area contributed by atoms with Gasteiger partial charge in [0.05, 0.1) is 18.0 Å². The van der Waals surface area contributed by atoms with Crippen molar-refractivity contribution in [1.82, 2.24) is 9.36 Å². The number of carbonyl (C=O) groups excluding carboxylic acids is 1. The molecular weight excluding hydrogens is 478 g/mol.